The monoisotopic (exact) mass is 214 g/mol. The second-order valence-electron chi connectivity index (χ2n) is 2.77. The molecule has 14 heavy (non-hydrogen) atoms. The van der Waals surface area contributed by atoms with E-state index in [0.717, 1.165) is 11.3 Å². The van der Waals surface area contributed by atoms with Crippen molar-refractivity contribution in [3.05, 3.63) is 29.1 Å². The largest absolute Gasteiger partial charge is 0.491 e. The fourth-order valence-corrected chi connectivity index (χ4v) is 2.13. The number of ether oxygens (including phenoxy) is 1. The van der Waals surface area contributed by atoms with Crippen LogP contribution in [0.4, 0.5) is 8.78 Å². The number of fused-ring (bicyclic) bond motifs is 1. The average molecular weight is 214 g/mol. The van der Waals surface area contributed by atoms with Crippen molar-refractivity contribution in [1.82, 2.24) is 0 Å². The summed E-state index contributed by atoms with van der Waals surface area (Å²) in [6.07, 6.45) is 0. The van der Waals surface area contributed by atoms with Gasteiger partial charge in [0.2, 0.25) is 0 Å². The lowest BCUT2D eigenvalue weighted by Crippen LogP contribution is -1.94. The van der Waals surface area contributed by atoms with Gasteiger partial charge in [-0.3, -0.25) is 0 Å². The van der Waals surface area contributed by atoms with Crippen LogP contribution < -0.4 is 4.74 Å². The zero-order valence-electron chi connectivity index (χ0n) is 7.51. The van der Waals surface area contributed by atoms with Crippen molar-refractivity contribution in [2.45, 2.75) is 6.92 Å². The van der Waals surface area contributed by atoms with Gasteiger partial charge in [-0.25, -0.2) is 8.78 Å². The summed E-state index contributed by atoms with van der Waals surface area (Å²) >= 11 is 1.05. The number of hydrogen-bond acceptors (Lipinski definition) is 2. The van der Waals surface area contributed by atoms with Gasteiger partial charge in [0.1, 0.15) is 5.82 Å². The molecule has 1 aromatic carbocycles. The van der Waals surface area contributed by atoms with Crippen LogP contribution >= 0.6 is 11.3 Å². The molecule has 0 amide bonds. The summed E-state index contributed by atoms with van der Waals surface area (Å²) in [6, 6.07) is 2.99. The zero-order valence-corrected chi connectivity index (χ0v) is 8.33. The Morgan fingerprint density at radius 3 is 2.86 bits per heavy atom. The lowest BCUT2D eigenvalue weighted by molar-refractivity contribution is 0.323. The molecule has 0 spiro atoms. The van der Waals surface area contributed by atoms with Crippen LogP contribution in [0.1, 0.15) is 6.92 Å². The molecule has 0 bridgehead atoms. The molecule has 0 fully saturated rings. The molecule has 0 saturated heterocycles. The van der Waals surface area contributed by atoms with Gasteiger partial charge in [-0.2, -0.15) is 0 Å². The number of benzene rings is 1. The SMILES string of the molecule is CCOc1ccc2c(F)csc2c1F. The molecule has 0 saturated carbocycles. The minimum atomic E-state index is -0.474. The molecule has 0 aliphatic rings. The van der Waals surface area contributed by atoms with E-state index in [1.807, 2.05) is 0 Å². The van der Waals surface area contributed by atoms with Gasteiger partial charge in [-0.15, -0.1) is 11.3 Å². The first kappa shape index (κ1) is 9.40. The van der Waals surface area contributed by atoms with E-state index in [1.54, 1.807) is 6.92 Å². The van der Waals surface area contributed by atoms with Gasteiger partial charge < -0.3 is 4.74 Å². The lowest BCUT2D eigenvalue weighted by Gasteiger charge is -2.04. The topological polar surface area (TPSA) is 9.23 Å². The molecule has 0 unspecified atom stereocenters. The highest BCUT2D eigenvalue weighted by molar-refractivity contribution is 7.17. The Kier molecular flexibility index (Phi) is 2.37. The molecule has 2 aromatic rings. The maximum absolute atomic E-state index is 13.6. The molecule has 0 radical (unpaired) electrons. The number of thiophene rings is 1. The lowest BCUT2D eigenvalue weighted by atomic mass is 10.2. The van der Waals surface area contributed by atoms with Crippen molar-refractivity contribution in [3.63, 3.8) is 0 Å². The standard InChI is InChI=1S/C10H8F2OS/c1-2-13-8-4-3-6-7(11)5-14-10(6)9(8)12/h3-5H,2H2,1H3. The molecule has 0 aliphatic carbocycles. The molecule has 1 aromatic heterocycles. The maximum Gasteiger partial charge on any atom is 0.182 e. The van der Waals surface area contributed by atoms with E-state index in [0.29, 0.717) is 16.7 Å². The molecular formula is C10H8F2OS. The van der Waals surface area contributed by atoms with Crippen LogP contribution in [-0.4, -0.2) is 6.61 Å². The van der Waals surface area contributed by atoms with Gasteiger partial charge >= 0.3 is 0 Å². The van der Waals surface area contributed by atoms with Crippen molar-refractivity contribution in [3.8, 4) is 5.75 Å². The maximum atomic E-state index is 13.6. The highest BCUT2D eigenvalue weighted by Crippen LogP contribution is 2.32. The Morgan fingerprint density at radius 1 is 1.36 bits per heavy atom. The molecule has 4 heteroatoms. The van der Waals surface area contributed by atoms with E-state index < -0.39 is 5.82 Å². The third-order valence-corrected chi connectivity index (χ3v) is 2.86. The molecule has 2 rings (SSSR count). The van der Waals surface area contributed by atoms with Gasteiger partial charge in [-0.05, 0) is 19.1 Å². The third-order valence-electron chi connectivity index (χ3n) is 1.90. The summed E-state index contributed by atoms with van der Waals surface area (Å²) < 4.78 is 32.0. The number of halogens is 2. The first-order chi connectivity index (χ1) is 6.74. The molecule has 0 atom stereocenters. The van der Waals surface area contributed by atoms with Crippen molar-refractivity contribution in [1.29, 1.82) is 0 Å². The van der Waals surface area contributed by atoms with E-state index in [9.17, 15) is 8.78 Å². The molecule has 0 aliphatic heterocycles. The molecular weight excluding hydrogens is 206 g/mol. The van der Waals surface area contributed by atoms with Crippen LogP contribution in [0.5, 0.6) is 5.75 Å². The average Bonchev–Trinajstić information content (AvgIpc) is 2.54. The second kappa shape index (κ2) is 3.53. The molecule has 0 N–H and O–H groups in total. The van der Waals surface area contributed by atoms with Gasteiger partial charge in [0.15, 0.2) is 11.6 Å². The predicted octanol–water partition coefficient (Wildman–Crippen LogP) is 3.58. The Bertz CT molecular complexity index is 464. The van der Waals surface area contributed by atoms with Gasteiger partial charge in [0.25, 0.3) is 0 Å². The third kappa shape index (κ3) is 1.35. The minimum Gasteiger partial charge on any atom is -0.491 e. The van der Waals surface area contributed by atoms with Gasteiger partial charge in [-0.1, -0.05) is 0 Å². The van der Waals surface area contributed by atoms with E-state index in [-0.39, 0.29) is 11.6 Å². The molecule has 74 valence electrons. The Morgan fingerprint density at radius 2 is 2.14 bits per heavy atom. The fraction of sp³-hybridized carbons (Fsp3) is 0.200. The Balaban J connectivity index is 2.63. The van der Waals surface area contributed by atoms with Crippen LogP contribution in [0.15, 0.2) is 17.5 Å². The normalized spacial score (nSPS) is 10.8. The summed E-state index contributed by atoms with van der Waals surface area (Å²) in [6.45, 7) is 2.18. The minimum absolute atomic E-state index is 0.182. The first-order valence-corrected chi connectivity index (χ1v) is 5.10. The van der Waals surface area contributed by atoms with Gasteiger partial charge in [0.05, 0.1) is 11.3 Å². The summed E-state index contributed by atoms with van der Waals surface area (Å²) in [7, 11) is 0. The van der Waals surface area contributed by atoms with E-state index >= 15 is 0 Å². The Hall–Kier alpha value is -1.16. The predicted molar refractivity (Wildman–Crippen MR) is 52.9 cm³/mol. The first-order valence-electron chi connectivity index (χ1n) is 4.22. The van der Waals surface area contributed by atoms with E-state index in [1.165, 1.54) is 17.5 Å². The highest BCUT2D eigenvalue weighted by Gasteiger charge is 2.12. The van der Waals surface area contributed by atoms with Crippen LogP contribution in [0.25, 0.3) is 10.1 Å². The van der Waals surface area contributed by atoms with Crippen LogP contribution in [0, 0.1) is 11.6 Å². The highest BCUT2D eigenvalue weighted by atomic mass is 32.1. The number of hydrogen-bond donors (Lipinski definition) is 0. The van der Waals surface area contributed by atoms with Crippen molar-refractivity contribution in [2.24, 2.45) is 0 Å². The van der Waals surface area contributed by atoms with Gasteiger partial charge in [0, 0.05) is 10.8 Å². The fourth-order valence-electron chi connectivity index (χ4n) is 1.28. The second-order valence-corrected chi connectivity index (χ2v) is 3.65. The van der Waals surface area contributed by atoms with Crippen molar-refractivity contribution in [2.75, 3.05) is 6.61 Å². The zero-order chi connectivity index (χ0) is 10.1. The summed E-state index contributed by atoms with van der Waals surface area (Å²) in [5.41, 5.74) is 0. The summed E-state index contributed by atoms with van der Waals surface area (Å²) in [5.74, 6) is -0.674. The van der Waals surface area contributed by atoms with E-state index in [2.05, 4.69) is 0 Å². The van der Waals surface area contributed by atoms with Crippen molar-refractivity contribution >= 4 is 21.4 Å². The quantitative estimate of drug-likeness (QED) is 0.742. The molecule has 1 heterocycles. The molecule has 1 nitrogen and oxygen atoms in total. The van der Waals surface area contributed by atoms with Crippen molar-refractivity contribution < 1.29 is 13.5 Å². The van der Waals surface area contributed by atoms with Crippen LogP contribution in [0.3, 0.4) is 0 Å². The summed E-state index contributed by atoms with van der Waals surface area (Å²) in [5, 5.41) is 1.61. The van der Waals surface area contributed by atoms with E-state index in [4.69, 9.17) is 4.74 Å². The van der Waals surface area contributed by atoms with Crippen LogP contribution in [-0.2, 0) is 0 Å². The Labute approximate surface area is 83.9 Å². The summed E-state index contributed by atoms with van der Waals surface area (Å²) in [4.78, 5) is 0. The smallest absolute Gasteiger partial charge is 0.182 e. The number of rotatable bonds is 2. The van der Waals surface area contributed by atoms with Crippen LogP contribution in [0.2, 0.25) is 0 Å².